The van der Waals surface area contributed by atoms with E-state index >= 15 is 0 Å². The maximum Gasteiger partial charge on any atom is 0.211 e. The maximum atomic E-state index is 11.6. The Kier molecular flexibility index (Phi) is 6.73. The van der Waals surface area contributed by atoms with Gasteiger partial charge in [0.25, 0.3) is 0 Å². The average Bonchev–Trinajstić information content (AvgIpc) is 2.28. The summed E-state index contributed by atoms with van der Waals surface area (Å²) >= 11 is 0. The van der Waals surface area contributed by atoms with E-state index in [0.29, 0.717) is 24.9 Å². The molecule has 0 N–H and O–H groups in total. The predicted octanol–water partition coefficient (Wildman–Crippen LogP) is 0.872. The first-order chi connectivity index (χ1) is 8.82. The number of hydrogen-bond acceptors (Lipinski definition) is 4. The van der Waals surface area contributed by atoms with Gasteiger partial charge in [0, 0.05) is 39.9 Å². The SMILES string of the molecule is COC[C@H](C)CN(C)C[C@@H]1CCCN(S(C)(=O)=O)C1. The lowest BCUT2D eigenvalue weighted by atomic mass is 9.99. The molecule has 1 heterocycles. The highest BCUT2D eigenvalue weighted by molar-refractivity contribution is 7.88. The van der Waals surface area contributed by atoms with Crippen LogP contribution in [0.15, 0.2) is 0 Å². The zero-order valence-electron chi connectivity index (χ0n) is 12.6. The molecule has 0 saturated carbocycles. The summed E-state index contributed by atoms with van der Waals surface area (Å²) in [4.78, 5) is 2.29. The van der Waals surface area contributed by atoms with Gasteiger partial charge in [-0.25, -0.2) is 12.7 Å². The minimum Gasteiger partial charge on any atom is -0.384 e. The Balaban J connectivity index is 2.40. The molecule has 0 unspecified atom stereocenters. The molecule has 1 aliphatic heterocycles. The fourth-order valence-corrected chi connectivity index (χ4v) is 3.80. The van der Waals surface area contributed by atoms with Gasteiger partial charge in [0.2, 0.25) is 10.0 Å². The number of hydrogen-bond donors (Lipinski definition) is 0. The molecular weight excluding hydrogens is 264 g/mol. The maximum absolute atomic E-state index is 11.6. The zero-order chi connectivity index (χ0) is 14.5. The van der Waals surface area contributed by atoms with E-state index < -0.39 is 10.0 Å². The van der Waals surface area contributed by atoms with E-state index in [-0.39, 0.29) is 0 Å². The van der Waals surface area contributed by atoms with Crippen LogP contribution >= 0.6 is 0 Å². The van der Waals surface area contributed by atoms with Gasteiger partial charge in [-0.05, 0) is 31.7 Å². The first kappa shape index (κ1) is 16.9. The molecule has 1 rings (SSSR count). The molecule has 0 aromatic carbocycles. The molecular formula is C13H28N2O3S. The molecule has 0 aromatic heterocycles. The van der Waals surface area contributed by atoms with Crippen molar-refractivity contribution in [2.24, 2.45) is 11.8 Å². The van der Waals surface area contributed by atoms with E-state index in [4.69, 9.17) is 4.74 Å². The quantitative estimate of drug-likeness (QED) is 0.699. The highest BCUT2D eigenvalue weighted by Gasteiger charge is 2.26. The third kappa shape index (κ3) is 6.21. The van der Waals surface area contributed by atoms with Crippen molar-refractivity contribution in [2.45, 2.75) is 19.8 Å². The molecule has 0 spiro atoms. The summed E-state index contributed by atoms with van der Waals surface area (Å²) in [5, 5.41) is 0. The van der Waals surface area contributed by atoms with E-state index in [2.05, 4.69) is 18.9 Å². The number of sulfonamides is 1. The largest absolute Gasteiger partial charge is 0.384 e. The van der Waals surface area contributed by atoms with Gasteiger partial charge in [-0.1, -0.05) is 6.92 Å². The van der Waals surface area contributed by atoms with Gasteiger partial charge in [0.1, 0.15) is 0 Å². The van der Waals surface area contributed by atoms with Crippen molar-refractivity contribution in [1.82, 2.24) is 9.21 Å². The van der Waals surface area contributed by atoms with Crippen LogP contribution < -0.4 is 0 Å². The van der Waals surface area contributed by atoms with E-state index in [1.165, 1.54) is 6.26 Å². The van der Waals surface area contributed by atoms with E-state index in [9.17, 15) is 8.42 Å². The third-order valence-electron chi connectivity index (χ3n) is 3.60. The molecule has 0 amide bonds. The summed E-state index contributed by atoms with van der Waals surface area (Å²) in [6.07, 6.45) is 3.40. The number of rotatable bonds is 7. The van der Waals surface area contributed by atoms with E-state index in [0.717, 1.165) is 32.5 Å². The van der Waals surface area contributed by atoms with Gasteiger partial charge >= 0.3 is 0 Å². The summed E-state index contributed by atoms with van der Waals surface area (Å²) in [6.45, 7) is 6.23. The summed E-state index contributed by atoms with van der Waals surface area (Å²) in [6, 6.07) is 0. The smallest absolute Gasteiger partial charge is 0.211 e. The second-order valence-electron chi connectivity index (χ2n) is 5.91. The molecule has 0 aliphatic carbocycles. The van der Waals surface area contributed by atoms with Crippen molar-refractivity contribution < 1.29 is 13.2 Å². The summed E-state index contributed by atoms with van der Waals surface area (Å²) in [7, 11) is 0.795. The summed E-state index contributed by atoms with van der Waals surface area (Å²) < 4.78 is 29.9. The lowest BCUT2D eigenvalue weighted by molar-refractivity contribution is 0.125. The Bertz CT molecular complexity index is 359. The Labute approximate surface area is 118 Å². The van der Waals surface area contributed by atoms with Crippen molar-refractivity contribution in [3.05, 3.63) is 0 Å². The highest BCUT2D eigenvalue weighted by Crippen LogP contribution is 2.19. The van der Waals surface area contributed by atoms with Crippen molar-refractivity contribution in [3.63, 3.8) is 0 Å². The second kappa shape index (κ2) is 7.57. The molecule has 6 heteroatoms. The van der Waals surface area contributed by atoms with E-state index in [1.807, 2.05) is 0 Å². The molecule has 1 saturated heterocycles. The van der Waals surface area contributed by atoms with Crippen molar-refractivity contribution >= 4 is 10.0 Å². The van der Waals surface area contributed by atoms with Crippen molar-refractivity contribution in [3.8, 4) is 0 Å². The molecule has 19 heavy (non-hydrogen) atoms. The molecule has 1 fully saturated rings. The van der Waals surface area contributed by atoms with E-state index in [1.54, 1.807) is 11.4 Å². The summed E-state index contributed by atoms with van der Waals surface area (Å²) in [5.74, 6) is 0.952. The monoisotopic (exact) mass is 292 g/mol. The summed E-state index contributed by atoms with van der Waals surface area (Å²) in [5.41, 5.74) is 0. The average molecular weight is 292 g/mol. The number of nitrogens with zero attached hydrogens (tertiary/aromatic N) is 2. The van der Waals surface area contributed by atoms with Gasteiger partial charge in [-0.3, -0.25) is 0 Å². The predicted molar refractivity (Wildman–Crippen MR) is 77.7 cm³/mol. The van der Waals surface area contributed by atoms with Crippen LogP contribution in [0.2, 0.25) is 0 Å². The van der Waals surface area contributed by atoms with Crippen LogP contribution in [0.25, 0.3) is 0 Å². The lowest BCUT2D eigenvalue weighted by Gasteiger charge is -2.33. The Morgan fingerprint density at radius 1 is 1.47 bits per heavy atom. The molecule has 0 bridgehead atoms. The van der Waals surface area contributed by atoms with Crippen LogP contribution in [-0.4, -0.2) is 70.8 Å². The highest BCUT2D eigenvalue weighted by atomic mass is 32.2. The van der Waals surface area contributed by atoms with Gasteiger partial charge in [-0.2, -0.15) is 0 Å². The van der Waals surface area contributed by atoms with Crippen molar-refractivity contribution in [2.75, 3.05) is 53.2 Å². The van der Waals surface area contributed by atoms with Gasteiger partial charge in [0.05, 0.1) is 6.26 Å². The van der Waals surface area contributed by atoms with Gasteiger partial charge in [0.15, 0.2) is 0 Å². The second-order valence-corrected chi connectivity index (χ2v) is 7.89. The Morgan fingerprint density at radius 2 is 2.16 bits per heavy atom. The normalized spacial score (nSPS) is 23.7. The van der Waals surface area contributed by atoms with Crippen LogP contribution in [0.5, 0.6) is 0 Å². The minimum atomic E-state index is -3.03. The Morgan fingerprint density at radius 3 is 2.74 bits per heavy atom. The van der Waals surface area contributed by atoms with Gasteiger partial charge in [-0.15, -0.1) is 0 Å². The van der Waals surface area contributed by atoms with Crippen LogP contribution in [0.1, 0.15) is 19.8 Å². The van der Waals surface area contributed by atoms with Crippen LogP contribution in [0, 0.1) is 11.8 Å². The number of ether oxygens (including phenoxy) is 1. The minimum absolute atomic E-state index is 0.447. The van der Waals surface area contributed by atoms with Crippen LogP contribution in [0.4, 0.5) is 0 Å². The fourth-order valence-electron chi connectivity index (χ4n) is 2.86. The fraction of sp³-hybridized carbons (Fsp3) is 1.00. The lowest BCUT2D eigenvalue weighted by Crippen LogP contribution is -2.43. The molecule has 5 nitrogen and oxygen atoms in total. The first-order valence-corrected chi connectivity index (χ1v) is 8.80. The van der Waals surface area contributed by atoms with Crippen LogP contribution in [-0.2, 0) is 14.8 Å². The number of piperidine rings is 1. The molecule has 114 valence electrons. The standard InChI is InChI=1S/C13H28N2O3S/c1-12(11-18-3)8-14(2)9-13-6-5-7-15(10-13)19(4,16)17/h12-13H,5-11H2,1-4H3/t12-,13+/m1/s1. The van der Waals surface area contributed by atoms with Crippen molar-refractivity contribution in [1.29, 1.82) is 0 Å². The molecule has 2 atom stereocenters. The topological polar surface area (TPSA) is 49.9 Å². The third-order valence-corrected chi connectivity index (χ3v) is 4.86. The molecule has 0 radical (unpaired) electrons. The first-order valence-electron chi connectivity index (χ1n) is 6.95. The van der Waals surface area contributed by atoms with Crippen LogP contribution in [0.3, 0.4) is 0 Å². The number of methoxy groups -OCH3 is 1. The molecule has 0 aromatic rings. The van der Waals surface area contributed by atoms with Gasteiger partial charge < -0.3 is 9.64 Å². The molecule has 1 aliphatic rings. The zero-order valence-corrected chi connectivity index (χ0v) is 13.4. The Hall–Kier alpha value is -0.170.